The van der Waals surface area contributed by atoms with Gasteiger partial charge in [-0.25, -0.2) is 0 Å². The fourth-order valence-electron chi connectivity index (χ4n) is 3.07. The minimum atomic E-state index is -0.617. The third kappa shape index (κ3) is 4.65. The molecule has 2 aliphatic rings. The van der Waals surface area contributed by atoms with Crippen molar-refractivity contribution in [3.05, 3.63) is 41.0 Å². The summed E-state index contributed by atoms with van der Waals surface area (Å²) in [5.74, 6) is 4.51. The summed E-state index contributed by atoms with van der Waals surface area (Å²) in [6.45, 7) is 11.4. The van der Waals surface area contributed by atoms with Gasteiger partial charge in [-0.3, -0.25) is 24.6 Å². The second-order valence-corrected chi connectivity index (χ2v) is 5.81. The van der Waals surface area contributed by atoms with E-state index in [9.17, 15) is 14.4 Å². The molecule has 0 aliphatic carbocycles. The lowest BCUT2D eigenvalue weighted by molar-refractivity contribution is -0.136. The van der Waals surface area contributed by atoms with Crippen molar-refractivity contribution in [2.75, 3.05) is 0 Å². The van der Waals surface area contributed by atoms with Crippen molar-refractivity contribution in [3.63, 3.8) is 0 Å². The number of benzene rings is 1. The molecule has 1 atom stereocenters. The number of amides is 3. The van der Waals surface area contributed by atoms with Crippen LogP contribution < -0.4 is 5.32 Å². The van der Waals surface area contributed by atoms with E-state index in [4.69, 9.17) is 0 Å². The van der Waals surface area contributed by atoms with E-state index in [2.05, 4.69) is 17.2 Å². The van der Waals surface area contributed by atoms with Crippen LogP contribution in [0.25, 0.3) is 5.70 Å². The van der Waals surface area contributed by atoms with E-state index in [0.29, 0.717) is 12.0 Å². The van der Waals surface area contributed by atoms with Gasteiger partial charge in [0.15, 0.2) is 0 Å². The first-order valence-corrected chi connectivity index (χ1v) is 9.23. The molecular weight excluding hydrogens is 340 g/mol. The molecule has 1 aromatic rings. The Labute approximate surface area is 161 Å². The number of nitrogens with zero attached hydrogens (tertiary/aromatic N) is 1. The zero-order valence-electron chi connectivity index (χ0n) is 17.0. The van der Waals surface area contributed by atoms with Gasteiger partial charge in [0.25, 0.3) is 5.91 Å². The second kappa shape index (κ2) is 10.3. The number of imide groups is 1. The third-order valence-electron chi connectivity index (χ3n) is 4.28. The molecule has 0 spiro atoms. The number of allylic oxidation sites excluding steroid dienone is 1. The Kier molecular flexibility index (Phi) is 8.47. The highest BCUT2D eigenvalue weighted by Gasteiger charge is 2.42. The molecule has 144 valence electrons. The predicted octanol–water partition coefficient (Wildman–Crippen LogP) is 3.67. The van der Waals surface area contributed by atoms with Crippen molar-refractivity contribution in [2.45, 2.75) is 60.4 Å². The van der Waals surface area contributed by atoms with Crippen molar-refractivity contribution >= 4 is 23.4 Å². The summed E-state index contributed by atoms with van der Waals surface area (Å²) in [7, 11) is 0. The molecule has 0 bridgehead atoms. The van der Waals surface area contributed by atoms with Crippen molar-refractivity contribution in [2.24, 2.45) is 0 Å². The van der Waals surface area contributed by atoms with E-state index >= 15 is 0 Å². The Balaban J connectivity index is 0.000000541. The Hall–Kier alpha value is -2.87. The van der Waals surface area contributed by atoms with Crippen LogP contribution in [0.2, 0.25) is 0 Å². The second-order valence-electron chi connectivity index (χ2n) is 5.81. The molecule has 27 heavy (non-hydrogen) atoms. The van der Waals surface area contributed by atoms with Gasteiger partial charge in [0.2, 0.25) is 11.8 Å². The molecule has 0 aromatic heterocycles. The molecular formula is C22H28N2O3. The van der Waals surface area contributed by atoms with Gasteiger partial charge in [0.05, 0.1) is 0 Å². The smallest absolute Gasteiger partial charge is 0.259 e. The minimum Gasteiger partial charge on any atom is -0.296 e. The molecule has 2 aliphatic heterocycles. The summed E-state index contributed by atoms with van der Waals surface area (Å²) >= 11 is 0. The highest BCUT2D eigenvalue weighted by Crippen LogP contribution is 2.37. The van der Waals surface area contributed by atoms with Crippen molar-refractivity contribution in [1.82, 2.24) is 10.2 Å². The Morgan fingerprint density at radius 3 is 2.30 bits per heavy atom. The van der Waals surface area contributed by atoms with Gasteiger partial charge < -0.3 is 0 Å². The van der Waals surface area contributed by atoms with Crippen molar-refractivity contribution in [3.8, 4) is 11.8 Å². The zero-order valence-corrected chi connectivity index (χ0v) is 17.0. The minimum absolute atomic E-state index is 0.170. The fraction of sp³-hybridized carbons (Fsp3) is 0.409. The lowest BCUT2D eigenvalue weighted by Crippen LogP contribution is -2.52. The van der Waals surface area contributed by atoms with Crippen LogP contribution >= 0.6 is 0 Å². The highest BCUT2D eigenvalue weighted by atomic mass is 16.2. The van der Waals surface area contributed by atoms with Crippen LogP contribution in [0.3, 0.4) is 0 Å². The van der Waals surface area contributed by atoms with E-state index < -0.39 is 11.9 Å². The maximum atomic E-state index is 12.7. The van der Waals surface area contributed by atoms with Gasteiger partial charge >= 0.3 is 0 Å². The molecule has 5 nitrogen and oxygen atoms in total. The van der Waals surface area contributed by atoms with E-state index in [-0.39, 0.29) is 18.2 Å². The summed E-state index contributed by atoms with van der Waals surface area (Å²) in [5, 5.41) is 2.31. The van der Waals surface area contributed by atoms with Crippen LogP contribution in [-0.2, 0) is 9.59 Å². The Morgan fingerprint density at radius 1 is 1.15 bits per heavy atom. The normalized spacial score (nSPS) is 19.0. The number of carbonyl (C=O) groups excluding carboxylic acids is 3. The van der Waals surface area contributed by atoms with Gasteiger partial charge in [0, 0.05) is 23.2 Å². The van der Waals surface area contributed by atoms with Gasteiger partial charge in [-0.1, -0.05) is 32.1 Å². The monoisotopic (exact) mass is 368 g/mol. The average Bonchev–Trinajstić information content (AvgIpc) is 2.97. The Bertz CT molecular complexity index is 807. The number of fused-ring (bicyclic) bond motifs is 1. The van der Waals surface area contributed by atoms with Gasteiger partial charge in [-0.2, -0.15) is 0 Å². The van der Waals surface area contributed by atoms with Crippen LogP contribution in [-0.4, -0.2) is 28.7 Å². The lowest BCUT2D eigenvalue weighted by Gasteiger charge is -2.30. The van der Waals surface area contributed by atoms with Gasteiger partial charge in [-0.15, -0.1) is 11.8 Å². The molecule has 2 heterocycles. The topological polar surface area (TPSA) is 66.5 Å². The molecule has 0 radical (unpaired) electrons. The van der Waals surface area contributed by atoms with Crippen LogP contribution in [0, 0.1) is 18.8 Å². The molecule has 3 amide bonds. The maximum Gasteiger partial charge on any atom is 0.259 e. The molecule has 5 heteroatoms. The number of aryl methyl sites for hydroxylation is 1. The number of hydrogen-bond acceptors (Lipinski definition) is 3. The fourth-order valence-corrected chi connectivity index (χ4v) is 3.07. The van der Waals surface area contributed by atoms with E-state index in [1.54, 1.807) is 6.07 Å². The van der Waals surface area contributed by atoms with E-state index in [0.717, 1.165) is 16.8 Å². The van der Waals surface area contributed by atoms with E-state index in [1.807, 2.05) is 59.8 Å². The van der Waals surface area contributed by atoms with Crippen molar-refractivity contribution in [1.29, 1.82) is 0 Å². The summed E-state index contributed by atoms with van der Waals surface area (Å²) in [6, 6.07) is 4.95. The van der Waals surface area contributed by atoms with Crippen LogP contribution in [0.5, 0.6) is 0 Å². The quantitative estimate of drug-likeness (QED) is 0.607. The molecule has 3 rings (SSSR count). The highest BCUT2D eigenvalue weighted by molar-refractivity contribution is 6.13. The Morgan fingerprint density at radius 2 is 1.78 bits per heavy atom. The van der Waals surface area contributed by atoms with Crippen LogP contribution in [0.15, 0.2) is 24.3 Å². The first-order chi connectivity index (χ1) is 13.0. The standard InChI is InChI=1S/C16H16N2O3.C4H6.C2H6/c1-3-11-14-9(2)5-4-6-10(14)16(21)18(11)12-7-8-13(19)17-15(12)20;1-3-4-2;1-2/h3-6,12H,7-8H2,1-2H3,(H,17,19,20);1-2H3;1-2H3/b11-3+;;. The first-order valence-electron chi connectivity index (χ1n) is 9.23. The van der Waals surface area contributed by atoms with Crippen LogP contribution in [0.1, 0.15) is 68.9 Å². The molecule has 1 fully saturated rings. The number of piperidine rings is 1. The SMILES string of the molecule is C/C=C1\c2c(C)cccc2C(=O)N1C1CCC(=O)NC1=O.CC.CC#CC. The summed E-state index contributed by atoms with van der Waals surface area (Å²) in [6.07, 6.45) is 2.47. The molecule has 1 saturated heterocycles. The number of rotatable bonds is 1. The van der Waals surface area contributed by atoms with Gasteiger partial charge in [0.1, 0.15) is 6.04 Å². The average molecular weight is 368 g/mol. The molecule has 1 aromatic carbocycles. The van der Waals surface area contributed by atoms with E-state index in [1.165, 1.54) is 4.90 Å². The number of carbonyl (C=O) groups is 3. The largest absolute Gasteiger partial charge is 0.296 e. The lowest BCUT2D eigenvalue weighted by atomic mass is 10.0. The summed E-state index contributed by atoms with van der Waals surface area (Å²) in [5.41, 5.74) is 3.26. The molecule has 1 N–H and O–H groups in total. The predicted molar refractivity (Wildman–Crippen MR) is 108 cm³/mol. The summed E-state index contributed by atoms with van der Waals surface area (Å²) < 4.78 is 0. The maximum absolute atomic E-state index is 12.7. The molecule has 0 saturated carbocycles. The zero-order chi connectivity index (χ0) is 20.6. The summed E-state index contributed by atoms with van der Waals surface area (Å²) in [4.78, 5) is 37.6. The third-order valence-corrected chi connectivity index (χ3v) is 4.28. The first kappa shape index (κ1) is 22.2. The van der Waals surface area contributed by atoms with Crippen LogP contribution in [0.4, 0.5) is 0 Å². The van der Waals surface area contributed by atoms with Crippen molar-refractivity contribution < 1.29 is 14.4 Å². The molecule has 1 unspecified atom stereocenters. The number of hydrogen-bond donors (Lipinski definition) is 1. The number of nitrogens with one attached hydrogen (secondary N) is 1. The van der Waals surface area contributed by atoms with Gasteiger partial charge in [-0.05, 0) is 45.7 Å².